The molecule has 2 rings (SSSR count). The van der Waals surface area contributed by atoms with Crippen LogP contribution in [-0.2, 0) is 4.74 Å². The van der Waals surface area contributed by atoms with Gasteiger partial charge in [0.15, 0.2) is 0 Å². The van der Waals surface area contributed by atoms with Crippen LogP contribution >= 0.6 is 0 Å². The molecule has 3 N–H and O–H groups in total. The molecular weight excluding hydrogens is 254 g/mol. The second-order valence-corrected chi connectivity index (χ2v) is 4.89. The summed E-state index contributed by atoms with van der Waals surface area (Å²) in [5, 5.41) is 2.90. The van der Waals surface area contributed by atoms with Gasteiger partial charge in [-0.2, -0.15) is 0 Å². The molecule has 1 heterocycles. The third kappa shape index (κ3) is 3.35. The lowest BCUT2D eigenvalue weighted by molar-refractivity contribution is -0.0679. The zero-order valence-corrected chi connectivity index (χ0v) is 11.6. The van der Waals surface area contributed by atoms with Crippen LogP contribution in [0.1, 0.15) is 35.2 Å². The first-order valence-corrected chi connectivity index (χ1v) is 6.66. The van der Waals surface area contributed by atoms with E-state index >= 15 is 0 Å². The molecule has 0 spiro atoms. The van der Waals surface area contributed by atoms with Crippen molar-refractivity contribution in [1.29, 1.82) is 0 Å². The van der Waals surface area contributed by atoms with Crippen molar-refractivity contribution in [1.82, 2.24) is 10.3 Å². The lowest BCUT2D eigenvalue weighted by Crippen LogP contribution is -2.49. The van der Waals surface area contributed by atoms with E-state index < -0.39 is 0 Å². The van der Waals surface area contributed by atoms with Crippen molar-refractivity contribution >= 4 is 5.91 Å². The number of amides is 1. The van der Waals surface area contributed by atoms with Crippen LogP contribution in [0, 0.1) is 11.8 Å². The molecule has 1 saturated carbocycles. The van der Waals surface area contributed by atoms with Crippen molar-refractivity contribution in [2.45, 2.75) is 24.9 Å². The average molecular weight is 273 g/mol. The molecule has 0 bridgehead atoms. The van der Waals surface area contributed by atoms with Crippen LogP contribution in [0.4, 0.5) is 0 Å². The average Bonchev–Trinajstić information content (AvgIpc) is 2.44. The summed E-state index contributed by atoms with van der Waals surface area (Å²) in [6, 6.07) is 1.71. The number of carbonyl (C=O) groups is 1. The monoisotopic (exact) mass is 273 g/mol. The first kappa shape index (κ1) is 14.5. The Kier molecular flexibility index (Phi) is 4.72. The van der Waals surface area contributed by atoms with E-state index in [9.17, 15) is 4.79 Å². The van der Waals surface area contributed by atoms with Gasteiger partial charge >= 0.3 is 0 Å². The minimum atomic E-state index is -0.181. The quantitative estimate of drug-likeness (QED) is 0.791. The minimum Gasteiger partial charge on any atom is -0.376 e. The van der Waals surface area contributed by atoms with Gasteiger partial charge in [0.1, 0.15) is 0 Å². The van der Waals surface area contributed by atoms with E-state index in [-0.39, 0.29) is 18.1 Å². The molecule has 106 valence electrons. The summed E-state index contributed by atoms with van der Waals surface area (Å²) in [6.07, 6.45) is 6.27. The van der Waals surface area contributed by atoms with E-state index in [1.165, 1.54) is 6.20 Å². The van der Waals surface area contributed by atoms with E-state index in [1.807, 2.05) is 0 Å². The smallest absolute Gasteiger partial charge is 0.252 e. The van der Waals surface area contributed by atoms with Crippen LogP contribution < -0.4 is 11.1 Å². The lowest BCUT2D eigenvalue weighted by Gasteiger charge is -2.40. The van der Waals surface area contributed by atoms with Crippen LogP contribution in [-0.4, -0.2) is 36.7 Å². The van der Waals surface area contributed by atoms with Crippen molar-refractivity contribution < 1.29 is 9.53 Å². The van der Waals surface area contributed by atoms with E-state index in [4.69, 9.17) is 10.5 Å². The van der Waals surface area contributed by atoms with Gasteiger partial charge in [0.05, 0.1) is 17.7 Å². The number of hydrogen-bond acceptors (Lipinski definition) is 4. The molecular formula is C15H19N3O2. The van der Waals surface area contributed by atoms with Gasteiger partial charge in [-0.25, -0.2) is 0 Å². The zero-order chi connectivity index (χ0) is 14.4. The van der Waals surface area contributed by atoms with Gasteiger partial charge in [-0.1, -0.05) is 11.8 Å². The molecule has 0 saturated heterocycles. The van der Waals surface area contributed by atoms with Crippen LogP contribution in [0.3, 0.4) is 0 Å². The van der Waals surface area contributed by atoms with Gasteiger partial charge in [0.2, 0.25) is 0 Å². The Balaban J connectivity index is 1.98. The second kappa shape index (κ2) is 6.51. The van der Waals surface area contributed by atoms with E-state index in [1.54, 1.807) is 19.4 Å². The van der Waals surface area contributed by atoms with E-state index in [0.29, 0.717) is 17.7 Å². The first-order valence-electron chi connectivity index (χ1n) is 6.66. The highest BCUT2D eigenvalue weighted by Crippen LogP contribution is 2.34. The van der Waals surface area contributed by atoms with Crippen molar-refractivity contribution in [3.05, 3.63) is 29.6 Å². The molecule has 0 atom stereocenters. The highest BCUT2D eigenvalue weighted by Gasteiger charge is 2.37. The largest absolute Gasteiger partial charge is 0.376 e. The SMILES string of the molecule is COC1(CNC(=O)c2cncc(C#CCN)c2)CCC1. The molecule has 0 unspecified atom stereocenters. The number of methoxy groups -OCH3 is 1. The number of rotatable bonds is 4. The summed E-state index contributed by atoms with van der Waals surface area (Å²) >= 11 is 0. The Morgan fingerprint density at radius 3 is 2.95 bits per heavy atom. The maximum atomic E-state index is 12.1. The van der Waals surface area contributed by atoms with Crippen molar-refractivity contribution in [2.24, 2.45) is 5.73 Å². The van der Waals surface area contributed by atoms with Crippen molar-refractivity contribution in [2.75, 3.05) is 20.2 Å². The van der Waals surface area contributed by atoms with Crippen LogP contribution in [0.2, 0.25) is 0 Å². The van der Waals surface area contributed by atoms with Gasteiger partial charge in [-0.05, 0) is 25.3 Å². The first-order chi connectivity index (χ1) is 9.69. The topological polar surface area (TPSA) is 77.2 Å². The van der Waals surface area contributed by atoms with Crippen LogP contribution in [0.5, 0.6) is 0 Å². The number of nitrogens with zero attached hydrogens (tertiary/aromatic N) is 1. The van der Waals surface area contributed by atoms with Crippen molar-refractivity contribution in [3.8, 4) is 11.8 Å². The fourth-order valence-corrected chi connectivity index (χ4v) is 2.15. The molecule has 1 aromatic rings. The van der Waals surface area contributed by atoms with Crippen LogP contribution in [0.25, 0.3) is 0 Å². The molecule has 1 aliphatic rings. The Labute approximate surface area is 118 Å². The second-order valence-electron chi connectivity index (χ2n) is 4.89. The Morgan fingerprint density at radius 1 is 1.55 bits per heavy atom. The molecule has 1 amide bonds. The lowest BCUT2D eigenvalue weighted by atomic mass is 9.80. The number of nitrogens with two attached hydrogens (primary N) is 1. The number of pyridine rings is 1. The Hall–Kier alpha value is -1.90. The standard InChI is InChI=1S/C15H19N3O2/c1-20-15(5-3-6-15)11-18-14(19)13-8-12(4-2-7-16)9-17-10-13/h8-10H,3,5-7,11,16H2,1H3,(H,18,19). The number of hydrogen-bond donors (Lipinski definition) is 2. The maximum absolute atomic E-state index is 12.1. The molecule has 20 heavy (non-hydrogen) atoms. The van der Waals surface area contributed by atoms with Gasteiger partial charge in [0, 0.05) is 31.6 Å². The number of ether oxygens (including phenoxy) is 1. The number of carbonyl (C=O) groups excluding carboxylic acids is 1. The molecule has 1 aromatic heterocycles. The minimum absolute atomic E-state index is 0.155. The molecule has 0 aliphatic heterocycles. The summed E-state index contributed by atoms with van der Waals surface area (Å²) in [5.74, 6) is 5.45. The van der Waals surface area contributed by atoms with E-state index in [0.717, 1.165) is 19.3 Å². The fourth-order valence-electron chi connectivity index (χ4n) is 2.15. The van der Waals surface area contributed by atoms with Gasteiger partial charge < -0.3 is 15.8 Å². The molecule has 1 fully saturated rings. The highest BCUT2D eigenvalue weighted by molar-refractivity contribution is 5.94. The summed E-state index contributed by atoms with van der Waals surface area (Å²) < 4.78 is 5.47. The molecule has 5 nitrogen and oxygen atoms in total. The molecule has 0 aromatic carbocycles. The third-order valence-electron chi connectivity index (χ3n) is 3.60. The molecule has 5 heteroatoms. The number of aromatic nitrogens is 1. The third-order valence-corrected chi connectivity index (χ3v) is 3.60. The summed E-state index contributed by atoms with van der Waals surface area (Å²) in [6.45, 7) is 0.813. The Morgan fingerprint density at radius 2 is 2.35 bits per heavy atom. The predicted molar refractivity (Wildman–Crippen MR) is 76.1 cm³/mol. The van der Waals surface area contributed by atoms with Gasteiger partial charge in [0.25, 0.3) is 5.91 Å². The summed E-state index contributed by atoms with van der Waals surface area (Å²) in [7, 11) is 1.69. The Bertz CT molecular complexity index is 536. The maximum Gasteiger partial charge on any atom is 0.252 e. The zero-order valence-electron chi connectivity index (χ0n) is 11.6. The van der Waals surface area contributed by atoms with E-state index in [2.05, 4.69) is 22.1 Å². The van der Waals surface area contributed by atoms with Gasteiger partial charge in [-0.3, -0.25) is 9.78 Å². The van der Waals surface area contributed by atoms with Crippen LogP contribution in [0.15, 0.2) is 18.5 Å². The normalized spacial score (nSPS) is 15.7. The van der Waals surface area contributed by atoms with Gasteiger partial charge in [-0.15, -0.1) is 0 Å². The molecule has 1 aliphatic carbocycles. The summed E-state index contributed by atoms with van der Waals surface area (Å²) in [4.78, 5) is 16.1. The fraction of sp³-hybridized carbons (Fsp3) is 0.467. The predicted octanol–water partition coefficient (Wildman–Crippen LogP) is 0.691. The van der Waals surface area contributed by atoms with Crippen molar-refractivity contribution in [3.63, 3.8) is 0 Å². The molecule has 0 radical (unpaired) electrons. The highest BCUT2D eigenvalue weighted by atomic mass is 16.5. The summed E-state index contributed by atoms with van der Waals surface area (Å²) in [5.41, 5.74) is 6.33. The number of nitrogens with one attached hydrogen (secondary N) is 1.